The second-order valence-electron chi connectivity index (χ2n) is 5.05. The molecular formula is C11H13N5O4. The number of H-pyrrole nitrogens is 1. The number of aromatic amines is 1. The van der Waals surface area contributed by atoms with Crippen LogP contribution in [0.2, 0.25) is 0 Å². The number of aromatic nitrogens is 4. The number of nitrogens with zero attached hydrogens (tertiary/aromatic N) is 3. The van der Waals surface area contributed by atoms with Gasteiger partial charge in [0.15, 0.2) is 17.4 Å². The Morgan fingerprint density at radius 2 is 2.40 bits per heavy atom. The minimum absolute atomic E-state index is 0.133. The molecule has 2 aromatic rings. The Labute approximate surface area is 112 Å². The Morgan fingerprint density at radius 1 is 1.55 bits per heavy atom. The van der Waals surface area contributed by atoms with E-state index in [-0.39, 0.29) is 18.7 Å². The zero-order valence-electron chi connectivity index (χ0n) is 10.4. The third-order valence-corrected chi connectivity index (χ3v) is 3.97. The smallest absolute Gasteiger partial charge is 0.182 e. The van der Waals surface area contributed by atoms with Gasteiger partial charge in [0, 0.05) is 0 Å². The Balaban J connectivity index is 1.81. The van der Waals surface area contributed by atoms with E-state index >= 15 is 0 Å². The lowest BCUT2D eigenvalue weighted by Crippen LogP contribution is -2.44. The minimum Gasteiger partial charge on any atom is -0.393 e. The van der Waals surface area contributed by atoms with Crippen molar-refractivity contribution < 1.29 is 19.7 Å². The van der Waals surface area contributed by atoms with Gasteiger partial charge >= 0.3 is 0 Å². The first kappa shape index (κ1) is 12.0. The van der Waals surface area contributed by atoms with E-state index in [0.29, 0.717) is 11.2 Å². The summed E-state index contributed by atoms with van der Waals surface area (Å²) in [7, 11) is 0. The maximum Gasteiger partial charge on any atom is 0.182 e. The van der Waals surface area contributed by atoms with Gasteiger partial charge in [-0.15, -0.1) is 0 Å². The first-order valence-electron chi connectivity index (χ1n) is 6.19. The molecule has 2 bridgehead atoms. The molecular weight excluding hydrogens is 266 g/mol. The normalized spacial score (nSPS) is 36.0. The quantitative estimate of drug-likeness (QED) is 0.516. The van der Waals surface area contributed by atoms with Crippen molar-refractivity contribution in [2.45, 2.75) is 24.0 Å². The van der Waals surface area contributed by atoms with Crippen LogP contribution in [0, 0.1) is 5.41 Å². The molecule has 2 aliphatic heterocycles. The first-order valence-corrected chi connectivity index (χ1v) is 6.19. The van der Waals surface area contributed by atoms with Crippen molar-refractivity contribution in [3.05, 3.63) is 18.1 Å². The van der Waals surface area contributed by atoms with Gasteiger partial charge in [-0.1, -0.05) is 0 Å². The lowest BCUT2D eigenvalue weighted by atomic mass is 10.0. The molecule has 2 fully saturated rings. The number of hydrogen-bond acceptors (Lipinski definition) is 7. The number of aliphatic hydroxyl groups excluding tert-OH is 2. The van der Waals surface area contributed by atoms with Crippen LogP contribution in [-0.4, -0.2) is 60.8 Å². The highest BCUT2D eigenvalue weighted by Crippen LogP contribution is 2.44. The number of hydrogen-bond donors (Lipinski definition) is 4. The van der Waals surface area contributed by atoms with Gasteiger partial charge in [0.05, 0.1) is 19.5 Å². The van der Waals surface area contributed by atoms with Crippen molar-refractivity contribution in [3.63, 3.8) is 0 Å². The highest BCUT2D eigenvalue weighted by atomic mass is 16.7. The van der Waals surface area contributed by atoms with Crippen LogP contribution in [0.3, 0.4) is 0 Å². The Bertz CT molecular complexity index is 727. The van der Waals surface area contributed by atoms with Gasteiger partial charge in [0.1, 0.15) is 29.7 Å². The molecule has 2 aliphatic rings. The van der Waals surface area contributed by atoms with Gasteiger partial charge < -0.3 is 24.7 Å². The Morgan fingerprint density at radius 3 is 3.15 bits per heavy atom. The highest BCUT2D eigenvalue weighted by molar-refractivity contribution is 5.67. The number of rotatable bonds is 2. The van der Waals surface area contributed by atoms with Crippen LogP contribution in [-0.2, 0) is 9.47 Å². The van der Waals surface area contributed by atoms with Gasteiger partial charge in [0.25, 0.3) is 0 Å². The molecule has 0 saturated carbocycles. The Kier molecular flexibility index (Phi) is 2.31. The molecule has 0 radical (unpaired) electrons. The van der Waals surface area contributed by atoms with Gasteiger partial charge in [-0.2, -0.15) is 0 Å². The summed E-state index contributed by atoms with van der Waals surface area (Å²) < 4.78 is 12.7. The van der Waals surface area contributed by atoms with Crippen molar-refractivity contribution in [2.75, 3.05) is 13.2 Å². The van der Waals surface area contributed by atoms with E-state index in [1.807, 2.05) is 0 Å². The molecule has 4 atom stereocenters. The maximum absolute atomic E-state index is 10.1. The third kappa shape index (κ3) is 1.32. The van der Waals surface area contributed by atoms with Gasteiger partial charge in [-0.25, -0.2) is 9.97 Å². The lowest BCUT2D eigenvalue weighted by Gasteiger charge is -2.29. The van der Waals surface area contributed by atoms with Crippen molar-refractivity contribution in [1.82, 2.24) is 19.5 Å². The second-order valence-corrected chi connectivity index (χ2v) is 5.05. The fourth-order valence-electron chi connectivity index (χ4n) is 2.81. The molecule has 4 rings (SSSR count). The van der Waals surface area contributed by atoms with Crippen LogP contribution in [0.5, 0.6) is 0 Å². The van der Waals surface area contributed by atoms with Gasteiger partial charge in [-0.05, 0) is 0 Å². The molecule has 0 amide bonds. The number of fused-ring (bicyclic) bond motifs is 3. The monoisotopic (exact) mass is 279 g/mol. The predicted molar refractivity (Wildman–Crippen MR) is 63.4 cm³/mol. The van der Waals surface area contributed by atoms with E-state index in [4.69, 9.17) is 14.9 Å². The molecule has 0 aliphatic carbocycles. The number of nitrogens with one attached hydrogen (secondary N) is 2. The average Bonchev–Trinajstić information content (AvgIpc) is 3.13. The number of ether oxygens (including phenoxy) is 2. The van der Waals surface area contributed by atoms with Crippen LogP contribution in [0.15, 0.2) is 12.7 Å². The van der Waals surface area contributed by atoms with Crippen LogP contribution in [0.1, 0.15) is 6.23 Å². The summed E-state index contributed by atoms with van der Waals surface area (Å²) in [5, 5.41) is 27.7. The van der Waals surface area contributed by atoms with E-state index < -0.39 is 24.0 Å². The zero-order chi connectivity index (χ0) is 13.9. The highest BCUT2D eigenvalue weighted by Gasteiger charge is 2.61. The number of aliphatic hydroxyl groups is 2. The molecule has 4 unspecified atom stereocenters. The second kappa shape index (κ2) is 3.85. The van der Waals surface area contributed by atoms with E-state index in [1.54, 1.807) is 0 Å². The summed E-state index contributed by atoms with van der Waals surface area (Å²) >= 11 is 0. The molecule has 0 spiro atoms. The van der Waals surface area contributed by atoms with E-state index in [9.17, 15) is 10.2 Å². The van der Waals surface area contributed by atoms with Crippen LogP contribution in [0.25, 0.3) is 11.2 Å². The van der Waals surface area contributed by atoms with Gasteiger partial charge in [-0.3, -0.25) is 9.98 Å². The summed E-state index contributed by atoms with van der Waals surface area (Å²) in [6, 6.07) is 0. The summed E-state index contributed by atoms with van der Waals surface area (Å²) in [5.41, 5.74) is -0.0642. The molecule has 0 aromatic carbocycles. The van der Waals surface area contributed by atoms with Gasteiger partial charge in [0.2, 0.25) is 0 Å². The van der Waals surface area contributed by atoms with Crippen LogP contribution < -0.4 is 5.49 Å². The molecule has 2 aromatic heterocycles. The average molecular weight is 279 g/mol. The molecule has 9 heteroatoms. The van der Waals surface area contributed by atoms with Crippen molar-refractivity contribution in [2.24, 2.45) is 0 Å². The van der Waals surface area contributed by atoms with E-state index in [0.717, 1.165) is 0 Å². The topological polar surface area (TPSA) is 129 Å². The SMILES string of the molecule is N=c1c2[nH]cnc2ncn1C1OC2(CO)COC1C2O. The molecule has 2 saturated heterocycles. The van der Waals surface area contributed by atoms with Crippen LogP contribution >= 0.6 is 0 Å². The summed E-state index contributed by atoms with van der Waals surface area (Å²) in [4.78, 5) is 10.9. The predicted octanol–water partition coefficient (Wildman–Crippen LogP) is -1.74. The summed E-state index contributed by atoms with van der Waals surface area (Å²) in [6.45, 7) is -0.200. The third-order valence-electron chi connectivity index (χ3n) is 3.97. The lowest BCUT2D eigenvalue weighted by molar-refractivity contribution is -0.187. The summed E-state index contributed by atoms with van der Waals surface area (Å²) in [6.07, 6.45) is 0.638. The minimum atomic E-state index is -1.11. The van der Waals surface area contributed by atoms with E-state index in [1.165, 1.54) is 17.2 Å². The number of imidazole rings is 1. The Hall–Kier alpha value is -1.81. The molecule has 106 valence electrons. The molecule has 9 nitrogen and oxygen atoms in total. The fraction of sp³-hybridized carbons (Fsp3) is 0.545. The molecule has 20 heavy (non-hydrogen) atoms. The standard InChI is InChI=1S/C11H13N5O4/c12-8-5-9(14-3-13-5)15-4-16(8)10-6-7(18)11(1-17,20-10)2-19-6/h3-4,6-7,10,12,17-18H,1-2H2,(H,13,14). The van der Waals surface area contributed by atoms with Crippen LogP contribution in [0.4, 0.5) is 0 Å². The first-order chi connectivity index (χ1) is 9.66. The fourth-order valence-corrected chi connectivity index (χ4v) is 2.81. The molecule has 4 heterocycles. The largest absolute Gasteiger partial charge is 0.393 e. The van der Waals surface area contributed by atoms with Crippen molar-refractivity contribution >= 4 is 11.2 Å². The molecule has 4 N–H and O–H groups in total. The van der Waals surface area contributed by atoms with E-state index in [2.05, 4.69) is 15.0 Å². The van der Waals surface area contributed by atoms with Crippen molar-refractivity contribution in [3.8, 4) is 0 Å². The summed E-state index contributed by atoms with van der Waals surface area (Å²) in [5.74, 6) is 0. The maximum atomic E-state index is 10.1. The van der Waals surface area contributed by atoms with Crippen molar-refractivity contribution in [1.29, 1.82) is 5.41 Å². The zero-order valence-corrected chi connectivity index (χ0v) is 10.4.